The number of anilines is 1. The van der Waals surface area contributed by atoms with Gasteiger partial charge in [-0.3, -0.25) is 5.32 Å². The monoisotopic (exact) mass is 423 g/mol. The maximum atomic E-state index is 11.9. The fourth-order valence-electron chi connectivity index (χ4n) is 4.08. The maximum Gasteiger partial charge on any atom is 0.411 e. The van der Waals surface area contributed by atoms with Crippen molar-refractivity contribution >= 4 is 22.8 Å². The number of hydrogen-bond donors (Lipinski definition) is 1. The molecule has 2 aromatic heterocycles. The summed E-state index contributed by atoms with van der Waals surface area (Å²) in [6, 6.07) is 10.1. The van der Waals surface area contributed by atoms with Crippen molar-refractivity contribution in [3.63, 3.8) is 0 Å². The molecule has 0 spiro atoms. The highest BCUT2D eigenvalue weighted by Gasteiger charge is 2.18. The summed E-state index contributed by atoms with van der Waals surface area (Å²) in [5, 5.41) is 3.86. The lowest BCUT2D eigenvalue weighted by Gasteiger charge is -2.22. The van der Waals surface area contributed by atoms with Crippen molar-refractivity contribution in [2.45, 2.75) is 32.7 Å². The summed E-state index contributed by atoms with van der Waals surface area (Å²) in [4.78, 5) is 16.6. The van der Waals surface area contributed by atoms with E-state index < -0.39 is 6.09 Å². The van der Waals surface area contributed by atoms with Crippen LogP contribution >= 0.6 is 0 Å². The Kier molecular flexibility index (Phi) is 6.72. The highest BCUT2D eigenvalue weighted by Crippen LogP contribution is 2.30. The molecule has 1 aliphatic heterocycles. The van der Waals surface area contributed by atoms with E-state index in [4.69, 9.17) is 14.2 Å². The molecule has 0 aliphatic carbocycles. The molecule has 0 unspecified atom stereocenters. The molecule has 0 atom stereocenters. The second-order valence-electron chi connectivity index (χ2n) is 7.78. The molecule has 1 N–H and O–H groups in total. The van der Waals surface area contributed by atoms with Crippen molar-refractivity contribution in [1.29, 1.82) is 0 Å². The third kappa shape index (κ3) is 4.99. The predicted octanol–water partition coefficient (Wildman–Crippen LogP) is 4.63. The van der Waals surface area contributed by atoms with Gasteiger partial charge in [-0.25, -0.2) is 9.78 Å². The van der Waals surface area contributed by atoms with Crippen LogP contribution in [0.4, 0.5) is 10.5 Å². The van der Waals surface area contributed by atoms with Gasteiger partial charge in [0.2, 0.25) is 0 Å². The number of pyridine rings is 1. The molecule has 1 saturated heterocycles. The zero-order valence-electron chi connectivity index (χ0n) is 18.1. The van der Waals surface area contributed by atoms with Crippen molar-refractivity contribution in [1.82, 2.24) is 9.55 Å². The minimum atomic E-state index is -0.504. The summed E-state index contributed by atoms with van der Waals surface area (Å²) in [6.45, 7) is 5.18. The van der Waals surface area contributed by atoms with Crippen LogP contribution in [-0.2, 0) is 22.4 Å². The van der Waals surface area contributed by atoms with Gasteiger partial charge in [-0.15, -0.1) is 0 Å². The molecule has 31 heavy (non-hydrogen) atoms. The number of ether oxygens (including phenoxy) is 3. The molecule has 7 nitrogen and oxygen atoms in total. The van der Waals surface area contributed by atoms with Crippen molar-refractivity contribution in [2.75, 3.05) is 32.2 Å². The van der Waals surface area contributed by atoms with Crippen molar-refractivity contribution in [2.24, 2.45) is 5.92 Å². The first kappa shape index (κ1) is 21.2. The van der Waals surface area contributed by atoms with Gasteiger partial charge in [0.15, 0.2) is 0 Å². The van der Waals surface area contributed by atoms with E-state index in [1.807, 2.05) is 19.1 Å². The Balaban J connectivity index is 1.66. The van der Waals surface area contributed by atoms with E-state index in [0.29, 0.717) is 24.6 Å². The Hall–Kier alpha value is -3.06. The van der Waals surface area contributed by atoms with E-state index >= 15 is 0 Å². The number of fused-ring (bicyclic) bond motifs is 1. The lowest BCUT2D eigenvalue weighted by molar-refractivity contribution is 0.0616. The average molecular weight is 424 g/mol. The second kappa shape index (κ2) is 9.83. The Morgan fingerprint density at radius 3 is 2.71 bits per heavy atom. The first-order valence-corrected chi connectivity index (χ1v) is 10.8. The second-order valence-corrected chi connectivity index (χ2v) is 7.78. The standard InChI is InChI=1S/C24H29N3O4/c1-3-31-19-6-4-17(5-7-19)14-21-20-8-11-27(16-18-9-12-30-13-10-18)23(20)25-15-22(21)26-24(28)29-2/h4-8,11,15,18H,3,9-10,12-14,16H2,1-2H3,(H,26,28). The number of benzene rings is 1. The largest absolute Gasteiger partial charge is 0.494 e. The Morgan fingerprint density at radius 2 is 2.00 bits per heavy atom. The summed E-state index contributed by atoms with van der Waals surface area (Å²) in [5.74, 6) is 1.44. The van der Waals surface area contributed by atoms with Crippen molar-refractivity contribution in [3.05, 3.63) is 53.9 Å². The number of nitrogens with zero attached hydrogens (tertiary/aromatic N) is 2. The molecule has 3 aromatic rings. The average Bonchev–Trinajstić information content (AvgIpc) is 3.20. The summed E-state index contributed by atoms with van der Waals surface area (Å²) in [6.07, 6.45) is 6.11. The molecule has 1 amide bonds. The quantitative estimate of drug-likeness (QED) is 0.600. The molecular formula is C24H29N3O4. The van der Waals surface area contributed by atoms with Crippen LogP contribution in [0.15, 0.2) is 42.7 Å². The van der Waals surface area contributed by atoms with Gasteiger partial charge < -0.3 is 18.8 Å². The van der Waals surface area contributed by atoms with Gasteiger partial charge in [0.1, 0.15) is 11.4 Å². The molecule has 1 aromatic carbocycles. The normalized spacial score (nSPS) is 14.5. The number of amides is 1. The molecule has 7 heteroatoms. The van der Waals surface area contributed by atoms with Gasteiger partial charge in [0, 0.05) is 37.8 Å². The van der Waals surface area contributed by atoms with Crippen LogP contribution in [0.25, 0.3) is 11.0 Å². The van der Waals surface area contributed by atoms with Gasteiger partial charge in [0.05, 0.1) is 25.6 Å². The van der Waals surface area contributed by atoms with Crippen LogP contribution < -0.4 is 10.1 Å². The highest BCUT2D eigenvalue weighted by atomic mass is 16.5. The van der Waals surface area contributed by atoms with E-state index in [0.717, 1.165) is 60.5 Å². The first-order valence-electron chi connectivity index (χ1n) is 10.8. The molecule has 0 bridgehead atoms. The van der Waals surface area contributed by atoms with Crippen LogP contribution in [0.2, 0.25) is 0 Å². The van der Waals surface area contributed by atoms with Gasteiger partial charge in [-0.1, -0.05) is 12.1 Å². The van der Waals surface area contributed by atoms with E-state index in [1.54, 1.807) is 6.20 Å². The van der Waals surface area contributed by atoms with Gasteiger partial charge in [0.25, 0.3) is 0 Å². The topological polar surface area (TPSA) is 74.6 Å². The molecular weight excluding hydrogens is 394 g/mol. The van der Waals surface area contributed by atoms with E-state index in [1.165, 1.54) is 7.11 Å². The zero-order chi connectivity index (χ0) is 21.6. The minimum Gasteiger partial charge on any atom is -0.494 e. The minimum absolute atomic E-state index is 0.504. The number of hydrogen-bond acceptors (Lipinski definition) is 5. The van der Waals surface area contributed by atoms with Gasteiger partial charge in [-0.2, -0.15) is 0 Å². The van der Waals surface area contributed by atoms with Crippen LogP contribution in [0.5, 0.6) is 5.75 Å². The summed E-state index contributed by atoms with van der Waals surface area (Å²) < 4.78 is 18.1. The van der Waals surface area contributed by atoms with Crippen molar-refractivity contribution in [3.8, 4) is 5.75 Å². The number of carbonyl (C=O) groups is 1. The fraction of sp³-hybridized carbons (Fsp3) is 0.417. The zero-order valence-corrected chi connectivity index (χ0v) is 18.1. The number of nitrogens with one attached hydrogen (secondary N) is 1. The lowest BCUT2D eigenvalue weighted by atomic mass is 10.00. The van der Waals surface area contributed by atoms with Crippen LogP contribution in [0, 0.1) is 5.92 Å². The molecule has 1 aliphatic rings. The maximum absolute atomic E-state index is 11.9. The van der Waals surface area contributed by atoms with E-state index in [-0.39, 0.29) is 0 Å². The number of carbonyl (C=O) groups excluding carboxylic acids is 1. The molecule has 0 saturated carbocycles. The van der Waals surface area contributed by atoms with Crippen molar-refractivity contribution < 1.29 is 19.0 Å². The Morgan fingerprint density at radius 1 is 1.23 bits per heavy atom. The third-order valence-corrected chi connectivity index (χ3v) is 5.73. The van der Waals surface area contributed by atoms with Gasteiger partial charge in [-0.05, 0) is 55.0 Å². The molecule has 1 fully saturated rings. The number of methoxy groups -OCH3 is 1. The third-order valence-electron chi connectivity index (χ3n) is 5.73. The fourth-order valence-corrected chi connectivity index (χ4v) is 4.08. The van der Waals surface area contributed by atoms with Crippen LogP contribution in [0.1, 0.15) is 30.9 Å². The van der Waals surface area contributed by atoms with E-state index in [9.17, 15) is 4.79 Å². The molecule has 4 rings (SSSR count). The smallest absolute Gasteiger partial charge is 0.411 e. The first-order chi connectivity index (χ1) is 15.2. The molecule has 164 valence electrons. The summed E-state index contributed by atoms with van der Waals surface area (Å²) in [7, 11) is 1.36. The highest BCUT2D eigenvalue weighted by molar-refractivity contribution is 5.92. The lowest BCUT2D eigenvalue weighted by Crippen LogP contribution is -2.20. The summed E-state index contributed by atoms with van der Waals surface area (Å²) >= 11 is 0. The molecule has 3 heterocycles. The number of rotatable bonds is 7. The Bertz CT molecular complexity index is 1020. The Labute approximate surface area is 182 Å². The van der Waals surface area contributed by atoms with E-state index in [2.05, 4.69) is 39.3 Å². The summed E-state index contributed by atoms with van der Waals surface area (Å²) in [5.41, 5.74) is 3.74. The molecule has 0 radical (unpaired) electrons. The van der Waals surface area contributed by atoms with Crippen LogP contribution in [0.3, 0.4) is 0 Å². The van der Waals surface area contributed by atoms with Gasteiger partial charge >= 0.3 is 6.09 Å². The predicted molar refractivity (Wildman–Crippen MR) is 120 cm³/mol. The number of aromatic nitrogens is 2. The van der Waals surface area contributed by atoms with Crippen LogP contribution in [-0.4, -0.2) is 42.6 Å². The SMILES string of the molecule is CCOc1ccc(Cc2c(NC(=O)OC)cnc3c2ccn3CC2CCOCC2)cc1.